The molecule has 0 atom stereocenters. The summed E-state index contributed by atoms with van der Waals surface area (Å²) < 4.78 is 21.3. The summed E-state index contributed by atoms with van der Waals surface area (Å²) in [6.07, 6.45) is 16.0. The highest BCUT2D eigenvalue weighted by Crippen LogP contribution is 2.29. The van der Waals surface area contributed by atoms with E-state index in [1.807, 2.05) is 0 Å². The van der Waals surface area contributed by atoms with Crippen LogP contribution in [0.4, 0.5) is 0 Å². The van der Waals surface area contributed by atoms with Crippen molar-refractivity contribution in [3.05, 3.63) is 59.7 Å². The van der Waals surface area contributed by atoms with Gasteiger partial charge in [0, 0.05) is 0 Å². The second-order valence-electron chi connectivity index (χ2n) is 6.58. The van der Waals surface area contributed by atoms with E-state index >= 15 is 0 Å². The number of terminal acetylenes is 2. The molecule has 6 heteroatoms. The lowest BCUT2D eigenvalue weighted by molar-refractivity contribution is -0.121. The smallest absolute Gasteiger partial charge is 0.163 e. The molecule has 0 aromatic heterocycles. The molecule has 33 heavy (non-hydrogen) atoms. The second kappa shape index (κ2) is 13.1. The van der Waals surface area contributed by atoms with Crippen LogP contribution in [0.5, 0.6) is 23.0 Å². The van der Waals surface area contributed by atoms with Crippen LogP contribution in [-0.4, -0.2) is 39.0 Å². The van der Waals surface area contributed by atoms with Crippen LogP contribution in [0.1, 0.15) is 17.5 Å². The minimum Gasteiger partial charge on any atom is -0.493 e. The van der Waals surface area contributed by atoms with E-state index in [0.29, 0.717) is 23.0 Å². The van der Waals surface area contributed by atoms with Crippen LogP contribution in [0, 0.1) is 24.7 Å². The molecule has 6 nitrogen and oxygen atoms in total. The molecule has 0 saturated heterocycles. The summed E-state index contributed by atoms with van der Waals surface area (Å²) in [5.41, 5.74) is 1.44. The summed E-state index contributed by atoms with van der Waals surface area (Å²) in [5, 5.41) is 0. The van der Waals surface area contributed by atoms with Gasteiger partial charge in [0.05, 0.1) is 20.6 Å². The fourth-order valence-electron chi connectivity index (χ4n) is 2.72. The Morgan fingerprint density at radius 2 is 1.18 bits per heavy atom. The first-order valence-corrected chi connectivity index (χ1v) is 9.91. The van der Waals surface area contributed by atoms with Crippen LogP contribution in [0.3, 0.4) is 0 Å². The third-order valence-corrected chi connectivity index (χ3v) is 4.27. The highest BCUT2D eigenvalue weighted by molar-refractivity contribution is 6.10. The SMILES string of the molecule is C#CCOc1ccc(/C=C/C(=O)CC(=O)/C=C/c2ccc(OCC#C)c(OC)c2)cc1OC. The van der Waals surface area contributed by atoms with Gasteiger partial charge in [0.1, 0.15) is 13.2 Å². The first-order chi connectivity index (χ1) is 16.0. The van der Waals surface area contributed by atoms with Crippen LogP contribution in [0.25, 0.3) is 12.2 Å². The Hall–Kier alpha value is -4.42. The molecule has 0 radical (unpaired) electrons. The summed E-state index contributed by atoms with van der Waals surface area (Å²) in [6.45, 7) is 0.242. The van der Waals surface area contributed by atoms with Crippen molar-refractivity contribution in [2.45, 2.75) is 6.42 Å². The van der Waals surface area contributed by atoms with Gasteiger partial charge in [0.2, 0.25) is 0 Å². The molecule has 0 spiro atoms. The second-order valence-corrected chi connectivity index (χ2v) is 6.58. The van der Waals surface area contributed by atoms with E-state index in [1.54, 1.807) is 48.6 Å². The molecule has 0 aliphatic heterocycles. The molecule has 2 aromatic rings. The molecule has 0 heterocycles. The van der Waals surface area contributed by atoms with Crippen molar-refractivity contribution in [1.82, 2.24) is 0 Å². The summed E-state index contributed by atoms with van der Waals surface area (Å²) in [5.74, 6) is 6.11. The monoisotopic (exact) mass is 444 g/mol. The van der Waals surface area contributed by atoms with Gasteiger partial charge >= 0.3 is 0 Å². The Morgan fingerprint density at radius 3 is 1.55 bits per heavy atom. The minimum atomic E-state index is -0.327. The number of methoxy groups -OCH3 is 2. The lowest BCUT2D eigenvalue weighted by Crippen LogP contribution is -2.02. The lowest BCUT2D eigenvalue weighted by atomic mass is 10.1. The molecule has 0 amide bonds. The summed E-state index contributed by atoms with van der Waals surface area (Å²) >= 11 is 0. The zero-order valence-electron chi connectivity index (χ0n) is 18.5. The van der Waals surface area contributed by atoms with Crippen LogP contribution >= 0.6 is 0 Å². The predicted molar refractivity (Wildman–Crippen MR) is 127 cm³/mol. The van der Waals surface area contributed by atoms with E-state index in [-0.39, 0.29) is 31.2 Å². The first-order valence-electron chi connectivity index (χ1n) is 9.91. The van der Waals surface area contributed by atoms with E-state index in [0.717, 1.165) is 11.1 Å². The van der Waals surface area contributed by atoms with Crippen LogP contribution in [-0.2, 0) is 9.59 Å². The lowest BCUT2D eigenvalue weighted by Gasteiger charge is -2.09. The van der Waals surface area contributed by atoms with Crippen molar-refractivity contribution >= 4 is 23.7 Å². The van der Waals surface area contributed by atoms with Crippen molar-refractivity contribution in [2.24, 2.45) is 0 Å². The third-order valence-electron chi connectivity index (χ3n) is 4.27. The van der Waals surface area contributed by atoms with E-state index in [2.05, 4.69) is 11.8 Å². The van der Waals surface area contributed by atoms with Gasteiger partial charge in [0.25, 0.3) is 0 Å². The normalized spacial score (nSPS) is 10.4. The fraction of sp³-hybridized carbons (Fsp3) is 0.185. The van der Waals surface area contributed by atoms with Crippen LogP contribution in [0.2, 0.25) is 0 Å². The van der Waals surface area contributed by atoms with Crippen molar-refractivity contribution < 1.29 is 28.5 Å². The molecule has 0 unspecified atom stereocenters. The Balaban J connectivity index is 1.97. The molecule has 0 bridgehead atoms. The van der Waals surface area contributed by atoms with Crippen LogP contribution < -0.4 is 18.9 Å². The Labute approximate surface area is 193 Å². The van der Waals surface area contributed by atoms with E-state index in [1.165, 1.54) is 26.4 Å². The molecule has 0 N–H and O–H groups in total. The maximum atomic E-state index is 12.2. The van der Waals surface area contributed by atoms with Crippen molar-refractivity contribution in [3.8, 4) is 47.7 Å². The van der Waals surface area contributed by atoms with Gasteiger partial charge in [0.15, 0.2) is 34.6 Å². The van der Waals surface area contributed by atoms with E-state index < -0.39 is 0 Å². The third kappa shape index (κ3) is 7.97. The van der Waals surface area contributed by atoms with Gasteiger partial charge in [-0.3, -0.25) is 9.59 Å². The molecule has 0 aliphatic carbocycles. The molecule has 2 rings (SSSR count). The van der Waals surface area contributed by atoms with Gasteiger partial charge in [-0.2, -0.15) is 0 Å². The van der Waals surface area contributed by atoms with Crippen LogP contribution in [0.15, 0.2) is 48.6 Å². The molecule has 0 fully saturated rings. The fourth-order valence-corrected chi connectivity index (χ4v) is 2.72. The first kappa shape index (κ1) is 24.8. The maximum Gasteiger partial charge on any atom is 0.163 e. The van der Waals surface area contributed by atoms with Gasteiger partial charge in [-0.25, -0.2) is 0 Å². The number of hydrogen-bond donors (Lipinski definition) is 0. The van der Waals surface area contributed by atoms with Gasteiger partial charge in [-0.05, 0) is 47.5 Å². The van der Waals surface area contributed by atoms with E-state index in [9.17, 15) is 9.59 Å². The maximum absolute atomic E-state index is 12.2. The highest BCUT2D eigenvalue weighted by atomic mass is 16.5. The van der Waals surface area contributed by atoms with Crippen molar-refractivity contribution in [2.75, 3.05) is 27.4 Å². The average molecular weight is 444 g/mol. The zero-order chi connectivity index (χ0) is 24.1. The number of benzene rings is 2. The number of ketones is 2. The summed E-state index contributed by atoms with van der Waals surface area (Å²) in [4.78, 5) is 24.3. The van der Waals surface area contributed by atoms with Gasteiger partial charge in [-0.1, -0.05) is 36.1 Å². The van der Waals surface area contributed by atoms with Gasteiger partial charge in [-0.15, -0.1) is 12.8 Å². The molecular formula is C27H24O6. The quantitative estimate of drug-likeness (QED) is 0.280. The van der Waals surface area contributed by atoms with Crippen molar-refractivity contribution in [1.29, 1.82) is 0 Å². The zero-order valence-corrected chi connectivity index (χ0v) is 18.5. The Morgan fingerprint density at radius 1 is 0.758 bits per heavy atom. The van der Waals surface area contributed by atoms with E-state index in [4.69, 9.17) is 31.8 Å². The Kier molecular flexibility index (Phi) is 9.86. The molecule has 2 aromatic carbocycles. The minimum absolute atomic E-state index is 0.121. The van der Waals surface area contributed by atoms with Crippen molar-refractivity contribution in [3.63, 3.8) is 0 Å². The molecule has 0 aliphatic rings. The number of allylic oxidation sites excluding steroid dienone is 2. The number of carbonyl (C=O) groups is 2. The Bertz CT molecular complexity index is 1040. The van der Waals surface area contributed by atoms with Gasteiger partial charge < -0.3 is 18.9 Å². The highest BCUT2D eigenvalue weighted by Gasteiger charge is 2.07. The molecule has 0 saturated carbocycles. The topological polar surface area (TPSA) is 71.1 Å². The standard InChI is InChI=1S/C27H24O6/c1-5-15-32-24-13-9-20(17-26(24)30-3)7-11-22(28)19-23(29)12-8-21-10-14-25(33-16-6-2)27(18-21)31-4/h1-2,7-14,17-18H,15-16,19H2,3-4H3/b11-7+,12-8+. The number of ether oxygens (including phenoxy) is 4. The number of rotatable bonds is 12. The largest absolute Gasteiger partial charge is 0.493 e. The summed E-state index contributed by atoms with van der Waals surface area (Å²) in [7, 11) is 3.02. The molecular weight excluding hydrogens is 420 g/mol. The number of hydrogen-bond acceptors (Lipinski definition) is 6. The molecule has 168 valence electrons. The number of carbonyl (C=O) groups excluding carboxylic acids is 2. The average Bonchev–Trinajstić information content (AvgIpc) is 2.83. The predicted octanol–water partition coefficient (Wildman–Crippen LogP) is 3.98. The summed E-state index contributed by atoms with van der Waals surface area (Å²) in [6, 6.07) is 10.3.